The van der Waals surface area contributed by atoms with Gasteiger partial charge in [-0.15, -0.1) is 0 Å². The van der Waals surface area contributed by atoms with Gasteiger partial charge in [0.25, 0.3) is 5.91 Å². The van der Waals surface area contributed by atoms with E-state index >= 15 is 0 Å². The number of methoxy groups -OCH3 is 1. The van der Waals surface area contributed by atoms with Gasteiger partial charge in [0, 0.05) is 31.8 Å². The van der Waals surface area contributed by atoms with E-state index in [0.29, 0.717) is 24.2 Å². The lowest BCUT2D eigenvalue weighted by Crippen LogP contribution is -2.51. The summed E-state index contributed by atoms with van der Waals surface area (Å²) in [6.45, 7) is 2.87. The van der Waals surface area contributed by atoms with Crippen LogP contribution in [0.1, 0.15) is 28.8 Å². The number of phenolic OH excluding ortho intramolecular Hbond substituents is 1. The molecule has 1 heterocycles. The Morgan fingerprint density at radius 1 is 1.55 bits per heavy atom. The van der Waals surface area contributed by atoms with Crippen molar-refractivity contribution in [2.24, 2.45) is 5.73 Å². The molecule has 20 heavy (non-hydrogen) atoms. The Kier molecular flexibility index (Phi) is 4.62. The Labute approximate surface area is 119 Å². The zero-order chi connectivity index (χ0) is 14.7. The zero-order valence-electron chi connectivity index (χ0n) is 12.0. The third-order valence-electron chi connectivity index (χ3n) is 3.98. The highest BCUT2D eigenvalue weighted by Crippen LogP contribution is 2.23. The summed E-state index contributed by atoms with van der Waals surface area (Å²) in [5, 5.41) is 9.54. The van der Waals surface area contributed by atoms with Gasteiger partial charge in [-0.3, -0.25) is 4.79 Å². The summed E-state index contributed by atoms with van der Waals surface area (Å²) in [5.74, 6) is 0.174. The van der Waals surface area contributed by atoms with Crippen LogP contribution in [0.5, 0.6) is 5.75 Å². The molecule has 2 rings (SSSR count). The summed E-state index contributed by atoms with van der Waals surface area (Å²) in [5.41, 5.74) is 7.08. The van der Waals surface area contributed by atoms with Crippen molar-refractivity contribution in [1.29, 1.82) is 0 Å². The molecule has 0 saturated carbocycles. The van der Waals surface area contributed by atoms with Crippen LogP contribution in [0.25, 0.3) is 0 Å². The van der Waals surface area contributed by atoms with Crippen molar-refractivity contribution in [2.45, 2.75) is 31.9 Å². The third-order valence-corrected chi connectivity index (χ3v) is 3.98. The molecule has 0 aliphatic carbocycles. The van der Waals surface area contributed by atoms with Crippen LogP contribution in [-0.4, -0.2) is 48.3 Å². The average molecular weight is 278 g/mol. The van der Waals surface area contributed by atoms with Gasteiger partial charge in [-0.1, -0.05) is 0 Å². The number of ether oxygens (including phenoxy) is 1. The highest BCUT2D eigenvalue weighted by molar-refractivity contribution is 5.95. The number of aromatic hydroxyl groups is 1. The number of hydrogen-bond acceptors (Lipinski definition) is 4. The molecule has 1 aromatic rings. The maximum absolute atomic E-state index is 12.6. The van der Waals surface area contributed by atoms with Crippen LogP contribution in [0.4, 0.5) is 0 Å². The van der Waals surface area contributed by atoms with Crippen molar-refractivity contribution in [2.75, 3.05) is 20.2 Å². The molecular formula is C15H22N2O3. The van der Waals surface area contributed by atoms with E-state index in [1.54, 1.807) is 32.2 Å². The number of piperidine rings is 1. The fourth-order valence-electron chi connectivity index (χ4n) is 2.67. The summed E-state index contributed by atoms with van der Waals surface area (Å²) in [7, 11) is 1.69. The summed E-state index contributed by atoms with van der Waals surface area (Å²) in [6.07, 6.45) is 1.78. The van der Waals surface area contributed by atoms with Crippen molar-refractivity contribution in [3.05, 3.63) is 29.3 Å². The predicted octanol–water partition coefficient (Wildman–Crippen LogP) is 1.28. The highest BCUT2D eigenvalue weighted by atomic mass is 16.5. The summed E-state index contributed by atoms with van der Waals surface area (Å²) >= 11 is 0. The van der Waals surface area contributed by atoms with Gasteiger partial charge in [0.2, 0.25) is 0 Å². The molecule has 110 valence electrons. The Hall–Kier alpha value is -1.59. The van der Waals surface area contributed by atoms with E-state index in [9.17, 15) is 9.90 Å². The number of likely N-dealkylation sites (tertiary alicyclic amines) is 1. The van der Waals surface area contributed by atoms with Crippen LogP contribution in [0.2, 0.25) is 0 Å². The molecular weight excluding hydrogens is 256 g/mol. The minimum Gasteiger partial charge on any atom is -0.508 e. The van der Waals surface area contributed by atoms with Gasteiger partial charge in [-0.2, -0.15) is 0 Å². The van der Waals surface area contributed by atoms with Crippen LogP contribution in [0, 0.1) is 6.92 Å². The van der Waals surface area contributed by atoms with Gasteiger partial charge in [0.05, 0.1) is 6.10 Å². The van der Waals surface area contributed by atoms with Gasteiger partial charge in [-0.25, -0.2) is 0 Å². The van der Waals surface area contributed by atoms with Crippen LogP contribution in [-0.2, 0) is 4.74 Å². The fraction of sp³-hybridized carbons (Fsp3) is 0.533. The van der Waals surface area contributed by atoms with E-state index in [1.165, 1.54) is 0 Å². The van der Waals surface area contributed by atoms with Gasteiger partial charge in [0.1, 0.15) is 5.75 Å². The molecule has 1 saturated heterocycles. The van der Waals surface area contributed by atoms with E-state index < -0.39 is 0 Å². The topological polar surface area (TPSA) is 75.8 Å². The van der Waals surface area contributed by atoms with Crippen LogP contribution < -0.4 is 5.73 Å². The molecule has 1 fully saturated rings. The first-order valence-corrected chi connectivity index (χ1v) is 6.90. The molecule has 1 aliphatic rings. The zero-order valence-corrected chi connectivity index (χ0v) is 12.0. The first kappa shape index (κ1) is 14.8. The second-order valence-electron chi connectivity index (χ2n) is 5.27. The van der Waals surface area contributed by atoms with Gasteiger partial charge in [0.15, 0.2) is 0 Å². The first-order chi connectivity index (χ1) is 9.56. The monoisotopic (exact) mass is 278 g/mol. The van der Waals surface area contributed by atoms with Gasteiger partial charge >= 0.3 is 0 Å². The van der Waals surface area contributed by atoms with E-state index in [0.717, 1.165) is 12.8 Å². The van der Waals surface area contributed by atoms with E-state index in [-0.39, 0.29) is 23.8 Å². The molecule has 3 N–H and O–H groups in total. The Balaban J connectivity index is 2.17. The van der Waals surface area contributed by atoms with Crippen molar-refractivity contribution >= 4 is 5.91 Å². The maximum atomic E-state index is 12.6. The molecule has 2 unspecified atom stereocenters. The number of carbonyl (C=O) groups is 1. The van der Waals surface area contributed by atoms with E-state index in [1.807, 2.05) is 4.90 Å². The summed E-state index contributed by atoms with van der Waals surface area (Å²) < 4.78 is 5.37. The number of amides is 1. The number of nitrogens with two attached hydrogens (primary N) is 1. The third kappa shape index (κ3) is 2.94. The first-order valence-electron chi connectivity index (χ1n) is 6.90. The molecule has 5 heteroatoms. The summed E-state index contributed by atoms with van der Waals surface area (Å²) in [4.78, 5) is 14.4. The largest absolute Gasteiger partial charge is 0.508 e. The fourth-order valence-corrected chi connectivity index (χ4v) is 2.67. The van der Waals surface area contributed by atoms with E-state index in [4.69, 9.17) is 10.5 Å². The lowest BCUT2D eigenvalue weighted by Gasteiger charge is -2.38. The molecule has 0 aromatic heterocycles. The highest BCUT2D eigenvalue weighted by Gasteiger charge is 2.31. The van der Waals surface area contributed by atoms with Crippen molar-refractivity contribution in [3.8, 4) is 5.75 Å². The SMILES string of the molecule is COC1CCN(C(=O)c2ccc(O)c(C)c2)C(CN)C1. The minimum absolute atomic E-state index is 0.00955. The maximum Gasteiger partial charge on any atom is 0.254 e. The standard InChI is InChI=1S/C15H22N2O3/c1-10-7-11(3-4-14(10)18)15(19)17-6-5-13(20-2)8-12(17)9-16/h3-4,7,12-13,18H,5-6,8-9,16H2,1-2H3. The number of nitrogens with zero attached hydrogens (tertiary/aromatic N) is 1. The number of hydrogen-bond donors (Lipinski definition) is 2. The lowest BCUT2D eigenvalue weighted by atomic mass is 9.98. The number of carbonyl (C=O) groups excluding carboxylic acids is 1. The Bertz CT molecular complexity index is 490. The van der Waals surface area contributed by atoms with Crippen molar-refractivity contribution in [1.82, 2.24) is 4.90 Å². The molecule has 5 nitrogen and oxygen atoms in total. The number of phenols is 1. The van der Waals surface area contributed by atoms with Crippen molar-refractivity contribution in [3.63, 3.8) is 0 Å². The van der Waals surface area contributed by atoms with Gasteiger partial charge in [-0.05, 0) is 43.5 Å². The second-order valence-corrected chi connectivity index (χ2v) is 5.27. The molecule has 1 amide bonds. The summed E-state index contributed by atoms with van der Waals surface area (Å²) in [6, 6.07) is 4.94. The van der Waals surface area contributed by atoms with E-state index in [2.05, 4.69) is 0 Å². The number of benzene rings is 1. The van der Waals surface area contributed by atoms with Gasteiger partial charge < -0.3 is 20.5 Å². The van der Waals surface area contributed by atoms with Crippen LogP contribution in [0.15, 0.2) is 18.2 Å². The average Bonchev–Trinajstić information content (AvgIpc) is 2.48. The Morgan fingerprint density at radius 2 is 2.30 bits per heavy atom. The second kappa shape index (κ2) is 6.24. The minimum atomic E-state index is -0.0295. The Morgan fingerprint density at radius 3 is 2.90 bits per heavy atom. The molecule has 0 bridgehead atoms. The quantitative estimate of drug-likeness (QED) is 0.873. The number of rotatable bonds is 3. The number of aryl methyl sites for hydroxylation is 1. The van der Waals surface area contributed by atoms with Crippen LogP contribution in [0.3, 0.4) is 0 Å². The predicted molar refractivity (Wildman–Crippen MR) is 76.8 cm³/mol. The molecule has 0 spiro atoms. The van der Waals surface area contributed by atoms with Crippen molar-refractivity contribution < 1.29 is 14.6 Å². The molecule has 2 atom stereocenters. The molecule has 1 aliphatic heterocycles. The normalized spacial score (nSPS) is 22.9. The smallest absolute Gasteiger partial charge is 0.254 e. The lowest BCUT2D eigenvalue weighted by molar-refractivity contribution is 0.0139. The molecule has 0 radical (unpaired) electrons. The van der Waals surface area contributed by atoms with Crippen LogP contribution >= 0.6 is 0 Å². The molecule has 1 aromatic carbocycles.